The molecule has 0 bridgehead atoms. The van der Waals surface area contributed by atoms with E-state index in [-0.39, 0.29) is 0 Å². The standard InChI is InChI=1S/C16H29N3/c1-7-13(3)16(17-8-2)14(4)19-11-9-15(10-12-19)18(5)6/h8,15,17H,2,4,7,9-12H2,1,3,5-6H3/b16-13-. The van der Waals surface area contributed by atoms with Crippen LogP contribution in [0.5, 0.6) is 0 Å². The summed E-state index contributed by atoms with van der Waals surface area (Å²) in [6.45, 7) is 14.5. The van der Waals surface area contributed by atoms with Gasteiger partial charge in [0.2, 0.25) is 0 Å². The molecule has 1 aliphatic heterocycles. The van der Waals surface area contributed by atoms with Crippen LogP contribution in [-0.2, 0) is 0 Å². The van der Waals surface area contributed by atoms with Crippen molar-refractivity contribution in [2.45, 2.75) is 39.2 Å². The molecule has 1 heterocycles. The van der Waals surface area contributed by atoms with Crippen LogP contribution in [0.25, 0.3) is 0 Å². The summed E-state index contributed by atoms with van der Waals surface area (Å²) in [5.74, 6) is 0. The van der Waals surface area contributed by atoms with Crippen molar-refractivity contribution in [2.24, 2.45) is 0 Å². The number of allylic oxidation sites excluding steroid dienone is 1. The zero-order valence-electron chi connectivity index (χ0n) is 13.0. The second kappa shape index (κ2) is 7.39. The van der Waals surface area contributed by atoms with E-state index in [0.717, 1.165) is 30.9 Å². The summed E-state index contributed by atoms with van der Waals surface area (Å²) in [4.78, 5) is 4.72. The van der Waals surface area contributed by atoms with E-state index in [1.165, 1.54) is 18.4 Å². The molecule has 108 valence electrons. The Morgan fingerprint density at radius 2 is 1.95 bits per heavy atom. The van der Waals surface area contributed by atoms with Crippen LogP contribution < -0.4 is 5.32 Å². The van der Waals surface area contributed by atoms with Gasteiger partial charge in [-0.1, -0.05) is 20.1 Å². The molecule has 0 atom stereocenters. The summed E-state index contributed by atoms with van der Waals surface area (Å²) >= 11 is 0. The second-order valence-electron chi connectivity index (χ2n) is 5.49. The van der Waals surface area contributed by atoms with E-state index < -0.39 is 0 Å². The molecule has 1 rings (SSSR count). The first-order chi connectivity index (χ1) is 9.01. The van der Waals surface area contributed by atoms with Gasteiger partial charge in [-0.3, -0.25) is 0 Å². The minimum atomic E-state index is 0.705. The average Bonchev–Trinajstić information content (AvgIpc) is 2.43. The molecule has 1 fully saturated rings. The Morgan fingerprint density at radius 3 is 2.37 bits per heavy atom. The van der Waals surface area contributed by atoms with Crippen molar-refractivity contribution in [2.75, 3.05) is 27.2 Å². The molecule has 0 aromatic carbocycles. The Bertz CT molecular complexity index is 347. The third-order valence-corrected chi connectivity index (χ3v) is 4.07. The van der Waals surface area contributed by atoms with Gasteiger partial charge in [0.05, 0.1) is 11.4 Å². The van der Waals surface area contributed by atoms with Crippen LogP contribution in [0, 0.1) is 0 Å². The van der Waals surface area contributed by atoms with Crippen LogP contribution in [0.15, 0.2) is 36.3 Å². The lowest BCUT2D eigenvalue weighted by Gasteiger charge is -2.38. The predicted octanol–water partition coefficient (Wildman–Crippen LogP) is 2.94. The summed E-state index contributed by atoms with van der Waals surface area (Å²) in [6.07, 6.45) is 5.19. The Morgan fingerprint density at radius 1 is 1.37 bits per heavy atom. The molecule has 1 N–H and O–H groups in total. The highest BCUT2D eigenvalue weighted by molar-refractivity contribution is 5.31. The van der Waals surface area contributed by atoms with Crippen LogP contribution in [0.4, 0.5) is 0 Å². The Kier molecular flexibility index (Phi) is 6.16. The number of nitrogens with zero attached hydrogens (tertiary/aromatic N) is 2. The van der Waals surface area contributed by atoms with Gasteiger partial charge in [-0.25, -0.2) is 0 Å². The van der Waals surface area contributed by atoms with Gasteiger partial charge in [-0.15, -0.1) is 0 Å². The molecule has 0 unspecified atom stereocenters. The van der Waals surface area contributed by atoms with Crippen molar-refractivity contribution in [3.63, 3.8) is 0 Å². The van der Waals surface area contributed by atoms with E-state index in [9.17, 15) is 0 Å². The maximum absolute atomic E-state index is 4.28. The molecule has 3 heteroatoms. The van der Waals surface area contributed by atoms with E-state index in [0.29, 0.717) is 6.04 Å². The summed E-state index contributed by atoms with van der Waals surface area (Å²) in [5, 5.41) is 3.26. The van der Waals surface area contributed by atoms with Gasteiger partial charge in [0.15, 0.2) is 0 Å². The van der Waals surface area contributed by atoms with Crippen molar-refractivity contribution in [3.8, 4) is 0 Å². The quantitative estimate of drug-likeness (QED) is 0.743. The highest BCUT2D eigenvalue weighted by Crippen LogP contribution is 2.22. The summed E-state index contributed by atoms with van der Waals surface area (Å²) < 4.78 is 0. The molecule has 0 radical (unpaired) electrons. The lowest BCUT2D eigenvalue weighted by atomic mass is 10.0. The summed E-state index contributed by atoms with van der Waals surface area (Å²) in [5.41, 5.74) is 3.58. The van der Waals surface area contributed by atoms with Gasteiger partial charge in [0.1, 0.15) is 0 Å². The van der Waals surface area contributed by atoms with Crippen molar-refractivity contribution in [3.05, 3.63) is 36.3 Å². The first-order valence-electron chi connectivity index (χ1n) is 7.19. The molecule has 0 aromatic heterocycles. The van der Waals surface area contributed by atoms with Gasteiger partial charge in [0.25, 0.3) is 0 Å². The lowest BCUT2D eigenvalue weighted by molar-refractivity contribution is 0.172. The van der Waals surface area contributed by atoms with Crippen LogP contribution in [0.2, 0.25) is 0 Å². The molecule has 0 spiro atoms. The molecular weight excluding hydrogens is 234 g/mol. The number of piperidine rings is 1. The normalized spacial score (nSPS) is 18.3. The highest BCUT2D eigenvalue weighted by Gasteiger charge is 2.22. The first-order valence-corrected chi connectivity index (χ1v) is 7.19. The average molecular weight is 263 g/mol. The summed E-state index contributed by atoms with van der Waals surface area (Å²) in [7, 11) is 4.34. The highest BCUT2D eigenvalue weighted by atomic mass is 15.2. The number of hydrogen-bond donors (Lipinski definition) is 1. The van der Waals surface area contributed by atoms with E-state index in [4.69, 9.17) is 0 Å². The van der Waals surface area contributed by atoms with Crippen LogP contribution >= 0.6 is 0 Å². The molecule has 0 saturated carbocycles. The third-order valence-electron chi connectivity index (χ3n) is 4.07. The van der Waals surface area contributed by atoms with Crippen LogP contribution in [0.3, 0.4) is 0 Å². The fourth-order valence-corrected chi connectivity index (χ4v) is 2.54. The zero-order chi connectivity index (χ0) is 14.4. The van der Waals surface area contributed by atoms with Crippen molar-refractivity contribution in [1.82, 2.24) is 15.1 Å². The van der Waals surface area contributed by atoms with Crippen molar-refractivity contribution < 1.29 is 0 Å². The molecule has 0 aliphatic carbocycles. The van der Waals surface area contributed by atoms with E-state index in [2.05, 4.69) is 56.2 Å². The fraction of sp³-hybridized carbons (Fsp3) is 0.625. The van der Waals surface area contributed by atoms with Crippen molar-refractivity contribution in [1.29, 1.82) is 0 Å². The number of hydrogen-bond acceptors (Lipinski definition) is 3. The maximum atomic E-state index is 4.28. The largest absolute Gasteiger partial charge is 0.370 e. The second-order valence-corrected chi connectivity index (χ2v) is 5.49. The first kappa shape index (κ1) is 15.8. The topological polar surface area (TPSA) is 18.5 Å². The summed E-state index contributed by atoms with van der Waals surface area (Å²) in [6, 6.07) is 0.705. The Hall–Kier alpha value is -1.22. The number of likely N-dealkylation sites (tertiary alicyclic amines) is 1. The smallest absolute Gasteiger partial charge is 0.0600 e. The lowest BCUT2D eigenvalue weighted by Crippen LogP contribution is -2.42. The Balaban J connectivity index is 2.70. The molecule has 1 aliphatic rings. The molecule has 0 aromatic rings. The molecular formula is C16H29N3. The SMILES string of the molecule is C=CN/C(C(=C)N1CCC(N(C)C)CC1)=C(/C)CC. The molecule has 3 nitrogen and oxygen atoms in total. The monoisotopic (exact) mass is 263 g/mol. The van der Waals surface area contributed by atoms with Gasteiger partial charge < -0.3 is 15.1 Å². The van der Waals surface area contributed by atoms with Gasteiger partial charge >= 0.3 is 0 Å². The van der Waals surface area contributed by atoms with Crippen molar-refractivity contribution >= 4 is 0 Å². The fourth-order valence-electron chi connectivity index (χ4n) is 2.54. The third kappa shape index (κ3) is 4.13. The van der Waals surface area contributed by atoms with E-state index in [1.807, 2.05) is 0 Å². The minimum Gasteiger partial charge on any atom is -0.370 e. The van der Waals surface area contributed by atoms with E-state index >= 15 is 0 Å². The van der Waals surface area contributed by atoms with Crippen LogP contribution in [0.1, 0.15) is 33.1 Å². The van der Waals surface area contributed by atoms with Gasteiger partial charge in [-0.05, 0) is 52.1 Å². The Labute approximate surface area is 118 Å². The van der Waals surface area contributed by atoms with Crippen LogP contribution in [-0.4, -0.2) is 43.0 Å². The number of rotatable bonds is 6. The molecule has 19 heavy (non-hydrogen) atoms. The molecule has 0 amide bonds. The predicted molar refractivity (Wildman–Crippen MR) is 83.7 cm³/mol. The van der Waals surface area contributed by atoms with Gasteiger partial charge in [-0.2, -0.15) is 0 Å². The van der Waals surface area contributed by atoms with Gasteiger partial charge in [0, 0.05) is 19.1 Å². The minimum absolute atomic E-state index is 0.705. The number of nitrogens with one attached hydrogen (secondary N) is 1. The maximum Gasteiger partial charge on any atom is 0.0600 e. The van der Waals surface area contributed by atoms with E-state index in [1.54, 1.807) is 6.20 Å². The molecule has 1 saturated heterocycles. The zero-order valence-corrected chi connectivity index (χ0v) is 13.0.